The van der Waals surface area contributed by atoms with Crippen molar-refractivity contribution in [1.29, 1.82) is 0 Å². The van der Waals surface area contributed by atoms with E-state index < -0.39 is 12.0 Å². The molecule has 0 spiro atoms. The molecule has 20 heavy (non-hydrogen) atoms. The highest BCUT2D eigenvalue weighted by atomic mass is 16.4. The number of amides is 1. The molecule has 0 radical (unpaired) electrons. The number of hydrogen-bond donors (Lipinski definition) is 2. The molecule has 0 aliphatic rings. The van der Waals surface area contributed by atoms with Crippen molar-refractivity contribution in [2.24, 2.45) is 5.92 Å². The van der Waals surface area contributed by atoms with Gasteiger partial charge < -0.3 is 10.4 Å². The maximum absolute atomic E-state index is 12.3. The molecule has 0 fully saturated rings. The van der Waals surface area contributed by atoms with Gasteiger partial charge in [0.25, 0.3) is 0 Å². The van der Waals surface area contributed by atoms with Gasteiger partial charge in [-0.2, -0.15) is 0 Å². The van der Waals surface area contributed by atoms with Crippen molar-refractivity contribution in [3.05, 3.63) is 35.9 Å². The van der Waals surface area contributed by atoms with E-state index in [1.807, 2.05) is 51.1 Å². The smallest absolute Gasteiger partial charge is 0.326 e. The summed E-state index contributed by atoms with van der Waals surface area (Å²) in [5.41, 5.74) is 0.917. The summed E-state index contributed by atoms with van der Waals surface area (Å²) in [6.07, 6.45) is 1.35. The molecule has 1 aromatic carbocycles. The molecule has 4 heteroatoms. The van der Waals surface area contributed by atoms with Crippen LogP contribution >= 0.6 is 0 Å². The van der Waals surface area contributed by atoms with Gasteiger partial charge in [-0.15, -0.1) is 0 Å². The number of nitrogens with one attached hydrogen (secondary N) is 1. The van der Waals surface area contributed by atoms with E-state index in [-0.39, 0.29) is 17.7 Å². The van der Waals surface area contributed by atoms with Crippen LogP contribution in [0.2, 0.25) is 0 Å². The topological polar surface area (TPSA) is 66.4 Å². The highest BCUT2D eigenvalue weighted by Gasteiger charge is 2.28. The molecule has 110 valence electrons. The quantitative estimate of drug-likeness (QED) is 0.805. The molecular weight excluding hydrogens is 254 g/mol. The number of carboxylic acid groups (broad SMARTS) is 1. The number of benzene rings is 1. The van der Waals surface area contributed by atoms with Crippen LogP contribution in [0.3, 0.4) is 0 Å². The minimum Gasteiger partial charge on any atom is -0.480 e. The first kappa shape index (κ1) is 16.2. The molecule has 2 unspecified atom stereocenters. The number of hydrogen-bond acceptors (Lipinski definition) is 2. The summed E-state index contributed by atoms with van der Waals surface area (Å²) >= 11 is 0. The zero-order valence-corrected chi connectivity index (χ0v) is 12.3. The summed E-state index contributed by atoms with van der Waals surface area (Å²) < 4.78 is 0. The Balaban J connectivity index is 2.84. The zero-order chi connectivity index (χ0) is 15.1. The maximum Gasteiger partial charge on any atom is 0.326 e. The Labute approximate surface area is 120 Å². The lowest BCUT2D eigenvalue weighted by molar-refractivity contribution is -0.143. The monoisotopic (exact) mass is 277 g/mol. The Hall–Kier alpha value is -1.84. The van der Waals surface area contributed by atoms with Gasteiger partial charge in [-0.1, -0.05) is 57.5 Å². The van der Waals surface area contributed by atoms with Gasteiger partial charge in [0, 0.05) is 0 Å². The molecule has 2 N–H and O–H groups in total. The van der Waals surface area contributed by atoms with Gasteiger partial charge >= 0.3 is 5.97 Å². The summed E-state index contributed by atoms with van der Waals surface area (Å²) in [4.78, 5) is 23.6. The first-order valence-electron chi connectivity index (χ1n) is 7.09. The van der Waals surface area contributed by atoms with Crippen molar-refractivity contribution in [2.75, 3.05) is 0 Å². The molecule has 0 saturated heterocycles. The van der Waals surface area contributed by atoms with Gasteiger partial charge in [0.1, 0.15) is 6.04 Å². The van der Waals surface area contributed by atoms with Gasteiger partial charge in [-0.3, -0.25) is 4.79 Å². The van der Waals surface area contributed by atoms with E-state index in [0.29, 0.717) is 12.8 Å². The van der Waals surface area contributed by atoms with E-state index in [1.165, 1.54) is 0 Å². The standard InChI is InChI=1S/C16H23NO3/c1-4-11(3)14(16(19)20)17-15(18)13(5-2)12-9-7-6-8-10-12/h6-11,13-14H,4-5H2,1-3H3,(H,17,18)(H,19,20)/t11?,13?,14-/m0/s1. The van der Waals surface area contributed by atoms with E-state index in [0.717, 1.165) is 5.56 Å². The lowest BCUT2D eigenvalue weighted by Crippen LogP contribution is -2.46. The molecule has 0 aliphatic heterocycles. The normalized spacial score (nSPS) is 15.2. The third kappa shape index (κ3) is 4.08. The molecule has 0 bridgehead atoms. The third-order valence-electron chi connectivity index (χ3n) is 3.70. The first-order chi connectivity index (χ1) is 9.51. The van der Waals surface area contributed by atoms with E-state index in [4.69, 9.17) is 0 Å². The second kappa shape index (κ2) is 7.68. The number of carbonyl (C=O) groups is 2. The molecule has 1 aromatic rings. The predicted octanol–water partition coefficient (Wildman–Crippen LogP) is 2.80. The molecule has 0 aromatic heterocycles. The van der Waals surface area contributed by atoms with Crippen LogP contribution < -0.4 is 5.32 Å². The minimum atomic E-state index is -0.976. The van der Waals surface area contributed by atoms with Gasteiger partial charge in [-0.05, 0) is 17.9 Å². The van der Waals surface area contributed by atoms with Crippen molar-refractivity contribution in [3.63, 3.8) is 0 Å². The van der Waals surface area contributed by atoms with E-state index in [2.05, 4.69) is 5.32 Å². The zero-order valence-electron chi connectivity index (χ0n) is 12.3. The van der Waals surface area contributed by atoms with Crippen LogP contribution in [0.5, 0.6) is 0 Å². The average molecular weight is 277 g/mol. The Morgan fingerprint density at radius 1 is 1.15 bits per heavy atom. The highest BCUT2D eigenvalue weighted by Crippen LogP contribution is 2.20. The molecule has 0 saturated carbocycles. The van der Waals surface area contributed by atoms with Crippen molar-refractivity contribution < 1.29 is 14.7 Å². The molecular formula is C16H23NO3. The van der Waals surface area contributed by atoms with Crippen LogP contribution in [-0.4, -0.2) is 23.0 Å². The largest absolute Gasteiger partial charge is 0.480 e. The van der Waals surface area contributed by atoms with Crippen LogP contribution in [0.1, 0.15) is 45.1 Å². The van der Waals surface area contributed by atoms with Crippen molar-refractivity contribution in [2.45, 2.75) is 45.6 Å². The Bertz CT molecular complexity index is 444. The lowest BCUT2D eigenvalue weighted by atomic mass is 9.93. The highest BCUT2D eigenvalue weighted by molar-refractivity contribution is 5.88. The number of carboxylic acids is 1. The SMILES string of the molecule is CCC(C(=O)N[C@H](C(=O)O)C(C)CC)c1ccccc1. The molecule has 3 atom stereocenters. The van der Waals surface area contributed by atoms with Crippen LogP contribution in [-0.2, 0) is 9.59 Å². The fraction of sp³-hybridized carbons (Fsp3) is 0.500. The van der Waals surface area contributed by atoms with Gasteiger partial charge in [-0.25, -0.2) is 4.79 Å². The third-order valence-corrected chi connectivity index (χ3v) is 3.70. The summed E-state index contributed by atoms with van der Waals surface area (Å²) in [5.74, 6) is -1.59. The number of aliphatic carboxylic acids is 1. The second-order valence-electron chi connectivity index (χ2n) is 5.08. The van der Waals surface area contributed by atoms with Crippen molar-refractivity contribution >= 4 is 11.9 Å². The van der Waals surface area contributed by atoms with E-state index >= 15 is 0 Å². The fourth-order valence-corrected chi connectivity index (χ4v) is 2.19. The van der Waals surface area contributed by atoms with Crippen LogP contribution in [0.25, 0.3) is 0 Å². The first-order valence-corrected chi connectivity index (χ1v) is 7.09. The van der Waals surface area contributed by atoms with Crippen LogP contribution in [0.4, 0.5) is 0 Å². The van der Waals surface area contributed by atoms with Crippen LogP contribution in [0, 0.1) is 5.92 Å². The van der Waals surface area contributed by atoms with E-state index in [9.17, 15) is 14.7 Å². The summed E-state index contributed by atoms with van der Waals surface area (Å²) in [6.45, 7) is 5.68. The summed E-state index contributed by atoms with van der Waals surface area (Å²) in [7, 11) is 0. The molecule has 4 nitrogen and oxygen atoms in total. The van der Waals surface area contributed by atoms with Crippen molar-refractivity contribution in [3.8, 4) is 0 Å². The van der Waals surface area contributed by atoms with E-state index in [1.54, 1.807) is 0 Å². The maximum atomic E-state index is 12.3. The van der Waals surface area contributed by atoms with Gasteiger partial charge in [0.2, 0.25) is 5.91 Å². The predicted molar refractivity (Wildman–Crippen MR) is 78.5 cm³/mol. The lowest BCUT2D eigenvalue weighted by Gasteiger charge is -2.23. The molecule has 1 amide bonds. The van der Waals surface area contributed by atoms with Gasteiger partial charge in [0.15, 0.2) is 0 Å². The van der Waals surface area contributed by atoms with Gasteiger partial charge in [0.05, 0.1) is 5.92 Å². The van der Waals surface area contributed by atoms with Crippen LogP contribution in [0.15, 0.2) is 30.3 Å². The summed E-state index contributed by atoms with van der Waals surface area (Å²) in [6, 6.07) is 8.63. The Morgan fingerprint density at radius 3 is 2.20 bits per heavy atom. The molecule has 0 heterocycles. The average Bonchev–Trinajstić information content (AvgIpc) is 2.45. The Kier molecular flexibility index (Phi) is 6.22. The number of carbonyl (C=O) groups excluding carboxylic acids is 1. The van der Waals surface area contributed by atoms with Crippen molar-refractivity contribution in [1.82, 2.24) is 5.32 Å². The second-order valence-corrected chi connectivity index (χ2v) is 5.08. The molecule has 1 rings (SSSR count). The fourth-order valence-electron chi connectivity index (χ4n) is 2.19. The molecule has 0 aliphatic carbocycles. The Morgan fingerprint density at radius 2 is 1.75 bits per heavy atom. The minimum absolute atomic E-state index is 0.0928. The number of rotatable bonds is 7. The summed E-state index contributed by atoms with van der Waals surface area (Å²) in [5, 5.41) is 11.9.